The Morgan fingerprint density at radius 3 is 2.44 bits per heavy atom. The van der Waals surface area contributed by atoms with Gasteiger partial charge in [-0.25, -0.2) is 0 Å². The van der Waals surface area contributed by atoms with Crippen molar-refractivity contribution in [2.75, 3.05) is 47.3 Å². The summed E-state index contributed by atoms with van der Waals surface area (Å²) in [6.07, 6.45) is 5.14. The first kappa shape index (κ1) is 24.4. The van der Waals surface area contributed by atoms with Crippen LogP contribution in [0.1, 0.15) is 46.0 Å². The number of halogens is 1. The van der Waals surface area contributed by atoms with E-state index in [0.717, 1.165) is 51.4 Å². The maximum absolute atomic E-state index is 11.5. The van der Waals surface area contributed by atoms with Crippen LogP contribution < -0.4 is 10.6 Å². The first-order valence-corrected chi connectivity index (χ1v) is 9.34. The molecule has 1 fully saturated rings. The maximum atomic E-state index is 11.5. The molecular weight excluding hydrogens is 429 g/mol. The zero-order valence-corrected chi connectivity index (χ0v) is 19.0. The summed E-state index contributed by atoms with van der Waals surface area (Å²) in [5.74, 6) is 1.67. The van der Waals surface area contributed by atoms with Gasteiger partial charge in [-0.05, 0) is 59.0 Å². The number of likely N-dealkylation sites (tertiary alicyclic amines) is 1. The van der Waals surface area contributed by atoms with Gasteiger partial charge in [0.2, 0.25) is 5.91 Å². The summed E-state index contributed by atoms with van der Waals surface area (Å²) in [6.45, 7) is 8.54. The number of guanidine groups is 1. The monoisotopic (exact) mass is 467 g/mol. The highest BCUT2D eigenvalue weighted by molar-refractivity contribution is 14.0. The van der Waals surface area contributed by atoms with Crippen molar-refractivity contribution in [2.45, 2.75) is 52.0 Å². The van der Waals surface area contributed by atoms with Crippen molar-refractivity contribution >= 4 is 35.8 Å². The van der Waals surface area contributed by atoms with Crippen molar-refractivity contribution in [2.24, 2.45) is 10.9 Å². The van der Waals surface area contributed by atoms with Gasteiger partial charge < -0.3 is 20.4 Å². The SMILES string of the molecule is CN=C(NCCCCN(C)C(C)C)N1CCC(CC(=O)NC)CC1.I. The van der Waals surface area contributed by atoms with Crippen molar-refractivity contribution in [1.82, 2.24) is 20.4 Å². The Morgan fingerprint density at radius 2 is 1.92 bits per heavy atom. The maximum Gasteiger partial charge on any atom is 0.220 e. The highest BCUT2D eigenvalue weighted by Crippen LogP contribution is 2.20. The van der Waals surface area contributed by atoms with Gasteiger partial charge in [-0.3, -0.25) is 9.79 Å². The average molecular weight is 467 g/mol. The summed E-state index contributed by atoms with van der Waals surface area (Å²) in [7, 11) is 5.74. The molecule has 0 spiro atoms. The lowest BCUT2D eigenvalue weighted by Gasteiger charge is -2.34. The predicted molar refractivity (Wildman–Crippen MR) is 117 cm³/mol. The summed E-state index contributed by atoms with van der Waals surface area (Å²) in [6, 6.07) is 0.613. The number of rotatable bonds is 8. The lowest BCUT2D eigenvalue weighted by molar-refractivity contribution is -0.121. The third-order valence-corrected chi connectivity index (χ3v) is 4.98. The van der Waals surface area contributed by atoms with Crippen LogP contribution >= 0.6 is 24.0 Å². The number of nitrogens with one attached hydrogen (secondary N) is 2. The molecule has 0 radical (unpaired) electrons. The van der Waals surface area contributed by atoms with Gasteiger partial charge in [0.1, 0.15) is 0 Å². The molecule has 1 heterocycles. The van der Waals surface area contributed by atoms with E-state index in [4.69, 9.17) is 0 Å². The number of unbranched alkanes of at least 4 members (excludes halogenated alkanes) is 1. The van der Waals surface area contributed by atoms with E-state index in [2.05, 4.69) is 46.3 Å². The molecule has 0 saturated carbocycles. The van der Waals surface area contributed by atoms with E-state index in [1.54, 1.807) is 7.05 Å². The molecular formula is C18H38IN5O. The summed E-state index contributed by atoms with van der Waals surface area (Å²) >= 11 is 0. The van der Waals surface area contributed by atoms with E-state index in [1.807, 2.05) is 7.05 Å². The van der Waals surface area contributed by atoms with E-state index in [-0.39, 0.29) is 29.9 Å². The van der Waals surface area contributed by atoms with Gasteiger partial charge in [-0.15, -0.1) is 24.0 Å². The number of nitrogens with zero attached hydrogens (tertiary/aromatic N) is 3. The minimum atomic E-state index is 0. The second-order valence-corrected chi connectivity index (χ2v) is 7.06. The zero-order valence-electron chi connectivity index (χ0n) is 16.7. The van der Waals surface area contributed by atoms with Crippen LogP contribution in [0.3, 0.4) is 0 Å². The molecule has 0 aliphatic carbocycles. The first-order chi connectivity index (χ1) is 11.5. The number of hydrogen-bond acceptors (Lipinski definition) is 3. The lowest BCUT2D eigenvalue weighted by Crippen LogP contribution is -2.46. The van der Waals surface area contributed by atoms with E-state index in [0.29, 0.717) is 18.4 Å². The predicted octanol–water partition coefficient (Wildman–Crippen LogP) is 2.15. The molecule has 2 N–H and O–H groups in total. The van der Waals surface area contributed by atoms with E-state index < -0.39 is 0 Å². The number of carbonyl (C=O) groups is 1. The molecule has 25 heavy (non-hydrogen) atoms. The van der Waals surface area contributed by atoms with Crippen LogP contribution in [0.25, 0.3) is 0 Å². The van der Waals surface area contributed by atoms with E-state index in [9.17, 15) is 4.79 Å². The quantitative estimate of drug-likeness (QED) is 0.249. The van der Waals surface area contributed by atoms with Crippen LogP contribution in [0.5, 0.6) is 0 Å². The summed E-state index contributed by atoms with van der Waals surface area (Å²) < 4.78 is 0. The Bertz CT molecular complexity index is 395. The third-order valence-electron chi connectivity index (χ3n) is 4.98. The number of piperidine rings is 1. The summed E-state index contributed by atoms with van der Waals surface area (Å²) in [4.78, 5) is 20.6. The van der Waals surface area contributed by atoms with Crippen molar-refractivity contribution < 1.29 is 4.79 Å². The van der Waals surface area contributed by atoms with Crippen molar-refractivity contribution in [1.29, 1.82) is 0 Å². The van der Waals surface area contributed by atoms with Gasteiger partial charge >= 0.3 is 0 Å². The Kier molecular flexibility index (Phi) is 13.3. The second kappa shape index (κ2) is 13.6. The molecule has 0 unspecified atom stereocenters. The summed E-state index contributed by atoms with van der Waals surface area (Å²) in [5.41, 5.74) is 0. The Morgan fingerprint density at radius 1 is 1.28 bits per heavy atom. The number of hydrogen-bond donors (Lipinski definition) is 2. The molecule has 0 aromatic carbocycles. The molecule has 0 atom stereocenters. The minimum Gasteiger partial charge on any atom is -0.359 e. The average Bonchev–Trinajstić information content (AvgIpc) is 2.58. The van der Waals surface area contributed by atoms with Gasteiger partial charge in [0.05, 0.1) is 0 Å². The van der Waals surface area contributed by atoms with E-state index >= 15 is 0 Å². The van der Waals surface area contributed by atoms with Crippen LogP contribution in [-0.2, 0) is 4.79 Å². The third kappa shape index (κ3) is 9.63. The van der Waals surface area contributed by atoms with E-state index in [1.165, 1.54) is 6.42 Å². The first-order valence-electron chi connectivity index (χ1n) is 9.34. The topological polar surface area (TPSA) is 60.0 Å². The minimum absolute atomic E-state index is 0. The van der Waals surface area contributed by atoms with Crippen molar-refractivity contribution in [3.63, 3.8) is 0 Å². The normalized spacial score (nSPS) is 16.1. The van der Waals surface area contributed by atoms with Crippen molar-refractivity contribution in [3.8, 4) is 0 Å². The Hall–Kier alpha value is -0.570. The van der Waals surface area contributed by atoms with Crippen LogP contribution in [0.4, 0.5) is 0 Å². The molecule has 6 nitrogen and oxygen atoms in total. The van der Waals surface area contributed by atoms with Crippen LogP contribution in [0.15, 0.2) is 4.99 Å². The fraction of sp³-hybridized carbons (Fsp3) is 0.889. The van der Waals surface area contributed by atoms with Gasteiger partial charge in [0.15, 0.2) is 5.96 Å². The second-order valence-electron chi connectivity index (χ2n) is 7.06. The van der Waals surface area contributed by atoms with Crippen LogP contribution in [-0.4, -0.2) is 75.0 Å². The Labute approximate surface area is 171 Å². The smallest absolute Gasteiger partial charge is 0.220 e. The molecule has 1 aliphatic heterocycles. The fourth-order valence-corrected chi connectivity index (χ4v) is 2.99. The molecule has 1 saturated heterocycles. The van der Waals surface area contributed by atoms with Gasteiger partial charge in [0, 0.05) is 46.2 Å². The number of amides is 1. The molecule has 1 rings (SSSR count). The molecule has 0 bridgehead atoms. The molecule has 0 aromatic heterocycles. The standard InChI is InChI=1S/C18H37N5O.HI/c1-15(2)22(5)11-7-6-10-21-18(20-4)23-12-8-16(9-13-23)14-17(24)19-3;/h15-16H,6-14H2,1-5H3,(H,19,24)(H,20,21);1H. The van der Waals surface area contributed by atoms with Crippen LogP contribution in [0.2, 0.25) is 0 Å². The fourth-order valence-electron chi connectivity index (χ4n) is 2.99. The largest absolute Gasteiger partial charge is 0.359 e. The molecule has 0 aromatic rings. The van der Waals surface area contributed by atoms with Gasteiger partial charge in [-0.2, -0.15) is 0 Å². The number of carbonyl (C=O) groups excluding carboxylic acids is 1. The number of aliphatic imine (C=N–C) groups is 1. The van der Waals surface area contributed by atoms with Gasteiger partial charge in [0.25, 0.3) is 0 Å². The zero-order chi connectivity index (χ0) is 17.9. The molecule has 7 heteroatoms. The molecule has 148 valence electrons. The van der Waals surface area contributed by atoms with Gasteiger partial charge in [-0.1, -0.05) is 0 Å². The molecule has 1 aliphatic rings. The Balaban J connectivity index is 0.00000576. The lowest BCUT2D eigenvalue weighted by atomic mass is 9.93. The summed E-state index contributed by atoms with van der Waals surface area (Å²) in [5, 5.41) is 6.21. The highest BCUT2D eigenvalue weighted by Gasteiger charge is 2.22. The van der Waals surface area contributed by atoms with Crippen molar-refractivity contribution in [3.05, 3.63) is 0 Å². The molecule has 1 amide bonds. The van der Waals surface area contributed by atoms with Crippen LogP contribution in [0, 0.1) is 5.92 Å². The highest BCUT2D eigenvalue weighted by atomic mass is 127.